The molecule has 1 fully saturated rings. The minimum absolute atomic E-state index is 0.0126. The molecule has 7 atom stereocenters. The molecule has 1 heterocycles. The number of benzene rings is 1. The van der Waals surface area contributed by atoms with Gasteiger partial charge in [-0.05, 0) is 56.0 Å². The number of methoxy groups -OCH3 is 1. The van der Waals surface area contributed by atoms with Crippen LogP contribution in [-0.2, 0) is 40.2 Å². The van der Waals surface area contributed by atoms with Crippen LogP contribution in [0, 0.1) is 17.8 Å². The minimum Gasteiger partial charge on any atom is -0.379 e. The second-order valence-corrected chi connectivity index (χ2v) is 16.6. The van der Waals surface area contributed by atoms with Crippen molar-refractivity contribution in [2.24, 2.45) is 17.8 Å². The predicted octanol–water partition coefficient (Wildman–Crippen LogP) is 2.80. The Labute approximate surface area is 300 Å². The smallest absolute Gasteiger partial charge is 0.238 e. The van der Waals surface area contributed by atoms with Gasteiger partial charge in [-0.3, -0.25) is 19.2 Å². The molecule has 0 aliphatic carbocycles. The SMILES string of the molecule is CCC(C)C(C(CC(=O)N1CCCC1CC(C(=O)NCCc1ccccc1)S(C)(=O)=O)OC)N(C)C(=O)CC(C)CNC(=O)C(NC)C(C)C. The van der Waals surface area contributed by atoms with Crippen molar-refractivity contribution < 1.29 is 32.3 Å². The Bertz CT molecular complexity index is 1340. The third-order valence-corrected chi connectivity index (χ3v) is 11.5. The Morgan fingerprint density at radius 2 is 1.68 bits per heavy atom. The lowest BCUT2D eigenvalue weighted by Gasteiger charge is -2.39. The number of ether oxygens (including phenoxy) is 1. The molecule has 1 aliphatic rings. The Hall–Kier alpha value is -3.03. The van der Waals surface area contributed by atoms with Gasteiger partial charge in [-0.2, -0.15) is 0 Å². The number of nitrogens with one attached hydrogen (secondary N) is 3. The third kappa shape index (κ3) is 12.9. The molecule has 4 amide bonds. The molecule has 0 bridgehead atoms. The first kappa shape index (κ1) is 43.1. The summed E-state index contributed by atoms with van der Waals surface area (Å²) in [7, 11) is 1.28. The van der Waals surface area contributed by atoms with Gasteiger partial charge in [0.1, 0.15) is 5.25 Å². The number of likely N-dealkylation sites (N-methyl/N-ethyl adjacent to an activating group) is 2. The molecule has 1 aliphatic heterocycles. The molecule has 3 N–H and O–H groups in total. The van der Waals surface area contributed by atoms with Crippen LogP contribution in [0.5, 0.6) is 0 Å². The molecular weight excluding hydrogens is 659 g/mol. The zero-order chi connectivity index (χ0) is 37.6. The van der Waals surface area contributed by atoms with Crippen LogP contribution in [-0.4, -0.2) is 118 Å². The zero-order valence-electron chi connectivity index (χ0n) is 31.7. The first-order chi connectivity index (χ1) is 23.5. The van der Waals surface area contributed by atoms with E-state index >= 15 is 0 Å². The van der Waals surface area contributed by atoms with Crippen LogP contribution < -0.4 is 16.0 Å². The highest BCUT2D eigenvalue weighted by Gasteiger charge is 2.40. The second kappa shape index (κ2) is 20.7. The van der Waals surface area contributed by atoms with E-state index in [4.69, 9.17) is 4.74 Å². The standard InChI is InChI=1S/C37H63N5O7S/c1-10-27(5)35(41(7)32(43)21-26(4)24-40-37(46)34(38-6)25(2)3)30(49-8)23-33(44)42-20-14-17-29(42)22-31(50(9,47)48)36(45)39-19-18-28-15-12-11-13-16-28/h11-13,15-16,25-27,29-31,34-35,38H,10,14,17-24H2,1-9H3,(H,39,45)(H,40,46). The number of amides is 4. The molecule has 0 aromatic heterocycles. The summed E-state index contributed by atoms with van der Waals surface area (Å²) in [5, 5.41) is 7.51. The minimum atomic E-state index is -3.75. The summed E-state index contributed by atoms with van der Waals surface area (Å²) in [5.41, 5.74) is 1.04. The van der Waals surface area contributed by atoms with E-state index in [2.05, 4.69) is 16.0 Å². The fraction of sp³-hybridized carbons (Fsp3) is 0.730. The van der Waals surface area contributed by atoms with Gasteiger partial charge in [-0.25, -0.2) is 8.42 Å². The van der Waals surface area contributed by atoms with Crippen molar-refractivity contribution in [2.45, 2.75) is 109 Å². The molecule has 0 radical (unpaired) electrons. The Morgan fingerprint density at radius 3 is 2.24 bits per heavy atom. The Kier molecular flexibility index (Phi) is 17.9. The van der Waals surface area contributed by atoms with Gasteiger partial charge < -0.3 is 30.5 Å². The van der Waals surface area contributed by atoms with E-state index in [1.54, 1.807) is 23.9 Å². The summed E-state index contributed by atoms with van der Waals surface area (Å²) < 4.78 is 31.5. The van der Waals surface area contributed by atoms with Gasteiger partial charge in [0.05, 0.1) is 24.6 Å². The quantitative estimate of drug-likeness (QED) is 0.175. The molecule has 1 saturated heterocycles. The van der Waals surface area contributed by atoms with Crippen LogP contribution in [0.15, 0.2) is 30.3 Å². The van der Waals surface area contributed by atoms with Crippen molar-refractivity contribution in [1.29, 1.82) is 0 Å². The molecule has 284 valence electrons. The van der Waals surface area contributed by atoms with Crippen LogP contribution in [0.25, 0.3) is 0 Å². The largest absolute Gasteiger partial charge is 0.379 e. The Morgan fingerprint density at radius 1 is 1.02 bits per heavy atom. The lowest BCUT2D eigenvalue weighted by Crippen LogP contribution is -2.52. The number of hydrogen-bond acceptors (Lipinski definition) is 8. The average Bonchev–Trinajstić information content (AvgIpc) is 3.54. The third-order valence-electron chi connectivity index (χ3n) is 10.1. The maximum Gasteiger partial charge on any atom is 0.238 e. The summed E-state index contributed by atoms with van der Waals surface area (Å²) in [6.07, 6.45) is 3.35. The Balaban J connectivity index is 2.09. The molecule has 7 unspecified atom stereocenters. The molecule has 1 aromatic carbocycles. The lowest BCUT2D eigenvalue weighted by molar-refractivity contribution is -0.143. The van der Waals surface area contributed by atoms with Crippen molar-refractivity contribution in [2.75, 3.05) is 47.1 Å². The highest BCUT2D eigenvalue weighted by molar-refractivity contribution is 7.92. The lowest BCUT2D eigenvalue weighted by atomic mass is 9.90. The van der Waals surface area contributed by atoms with Gasteiger partial charge >= 0.3 is 0 Å². The summed E-state index contributed by atoms with van der Waals surface area (Å²) in [4.78, 5) is 56.6. The number of hydrogen-bond donors (Lipinski definition) is 3. The number of rotatable bonds is 21. The van der Waals surface area contributed by atoms with Gasteiger partial charge in [0.25, 0.3) is 0 Å². The van der Waals surface area contributed by atoms with Gasteiger partial charge in [-0.15, -0.1) is 0 Å². The molecular formula is C37H63N5O7S. The normalized spacial score (nSPS) is 18.5. The van der Waals surface area contributed by atoms with Gasteiger partial charge in [0, 0.05) is 52.5 Å². The maximum absolute atomic E-state index is 13.9. The van der Waals surface area contributed by atoms with E-state index in [0.29, 0.717) is 38.9 Å². The molecule has 1 aromatic rings. The van der Waals surface area contributed by atoms with Gasteiger partial charge in [-0.1, -0.05) is 71.4 Å². The topological polar surface area (TPSA) is 154 Å². The molecule has 0 saturated carbocycles. The number of sulfone groups is 1. The molecule has 12 nitrogen and oxygen atoms in total. The van der Waals surface area contributed by atoms with Crippen molar-refractivity contribution in [1.82, 2.24) is 25.8 Å². The summed E-state index contributed by atoms with van der Waals surface area (Å²) in [6.45, 7) is 11.1. The number of carbonyl (C=O) groups excluding carboxylic acids is 4. The van der Waals surface area contributed by atoms with E-state index in [1.807, 2.05) is 65.0 Å². The van der Waals surface area contributed by atoms with Gasteiger partial charge in [0.2, 0.25) is 23.6 Å². The molecule has 2 rings (SSSR count). The fourth-order valence-electron chi connectivity index (χ4n) is 6.93. The van der Waals surface area contributed by atoms with E-state index in [0.717, 1.165) is 18.2 Å². The van der Waals surface area contributed by atoms with Crippen molar-refractivity contribution in [3.8, 4) is 0 Å². The highest BCUT2D eigenvalue weighted by Crippen LogP contribution is 2.28. The van der Waals surface area contributed by atoms with E-state index in [1.165, 1.54) is 7.11 Å². The average molecular weight is 722 g/mol. The van der Waals surface area contributed by atoms with Gasteiger partial charge in [0.15, 0.2) is 9.84 Å². The summed E-state index contributed by atoms with van der Waals surface area (Å²) >= 11 is 0. The van der Waals surface area contributed by atoms with Crippen molar-refractivity contribution >= 4 is 33.5 Å². The monoisotopic (exact) mass is 721 g/mol. The van der Waals surface area contributed by atoms with E-state index < -0.39 is 39.2 Å². The van der Waals surface area contributed by atoms with Crippen LogP contribution in [0.2, 0.25) is 0 Å². The summed E-state index contributed by atoms with van der Waals surface area (Å²) in [5.74, 6) is -0.910. The van der Waals surface area contributed by atoms with Crippen LogP contribution >= 0.6 is 0 Å². The van der Waals surface area contributed by atoms with E-state index in [-0.39, 0.29) is 60.8 Å². The predicted molar refractivity (Wildman–Crippen MR) is 197 cm³/mol. The molecule has 0 spiro atoms. The van der Waals surface area contributed by atoms with Crippen LogP contribution in [0.1, 0.15) is 78.7 Å². The molecule has 50 heavy (non-hydrogen) atoms. The summed E-state index contributed by atoms with van der Waals surface area (Å²) in [6, 6.07) is 8.52. The fourth-order valence-corrected chi connectivity index (χ4v) is 7.97. The number of nitrogens with zero attached hydrogens (tertiary/aromatic N) is 2. The van der Waals surface area contributed by atoms with Crippen molar-refractivity contribution in [3.05, 3.63) is 35.9 Å². The second-order valence-electron chi connectivity index (χ2n) is 14.4. The van der Waals surface area contributed by atoms with Crippen LogP contribution in [0.3, 0.4) is 0 Å². The highest BCUT2D eigenvalue weighted by atomic mass is 32.2. The first-order valence-electron chi connectivity index (χ1n) is 18.1. The zero-order valence-corrected chi connectivity index (χ0v) is 32.6. The number of likely N-dealkylation sites (tertiary alicyclic amines) is 1. The van der Waals surface area contributed by atoms with Crippen LogP contribution in [0.4, 0.5) is 0 Å². The molecule has 13 heteroatoms. The maximum atomic E-state index is 13.9. The van der Waals surface area contributed by atoms with Crippen molar-refractivity contribution in [3.63, 3.8) is 0 Å². The first-order valence-corrected chi connectivity index (χ1v) is 20.0. The number of carbonyl (C=O) groups is 4. The van der Waals surface area contributed by atoms with E-state index in [9.17, 15) is 27.6 Å².